The molecule has 0 aliphatic heterocycles. The fourth-order valence-electron chi connectivity index (χ4n) is 1.36. The van der Waals surface area contributed by atoms with Crippen LogP contribution in [0.5, 0.6) is 5.75 Å². The number of rotatable bonds is 3. The summed E-state index contributed by atoms with van der Waals surface area (Å²) in [6.07, 6.45) is -11.9. The predicted molar refractivity (Wildman–Crippen MR) is 51.9 cm³/mol. The van der Waals surface area contributed by atoms with Crippen LogP contribution >= 0.6 is 0 Å². The van der Waals surface area contributed by atoms with E-state index in [2.05, 4.69) is 9.72 Å². The minimum Gasteiger partial charge on any atom is -0.403 e. The summed E-state index contributed by atoms with van der Waals surface area (Å²) in [4.78, 5) is 11.9. The highest BCUT2D eigenvalue weighted by atomic mass is 19.4. The van der Waals surface area contributed by atoms with Gasteiger partial charge >= 0.3 is 12.5 Å². The summed E-state index contributed by atoms with van der Waals surface area (Å²) in [7, 11) is 0. The summed E-state index contributed by atoms with van der Waals surface area (Å²) in [6.45, 7) is 0. The molecule has 1 heterocycles. The molecule has 12 heteroatoms. The summed E-state index contributed by atoms with van der Waals surface area (Å²) in [5.41, 5.74) is -4.43. The topological polar surface area (TPSA) is 89.0 Å². The van der Waals surface area contributed by atoms with Gasteiger partial charge in [-0.05, 0) is 0 Å². The highest BCUT2D eigenvalue weighted by molar-refractivity contribution is 5.52. The molecule has 0 saturated heterocycles. The molecule has 0 bridgehead atoms. The average Bonchev–Trinajstić information content (AvgIpc) is 2.27. The molecule has 0 aromatic carbocycles. The minimum absolute atomic E-state index is 0.124. The van der Waals surface area contributed by atoms with Crippen molar-refractivity contribution in [3.8, 4) is 11.8 Å². The Balaban J connectivity index is 3.67. The van der Waals surface area contributed by atoms with Crippen molar-refractivity contribution in [2.45, 2.75) is 19.0 Å². The zero-order valence-electron chi connectivity index (χ0n) is 9.62. The lowest BCUT2D eigenvalue weighted by Gasteiger charge is -2.16. The molecule has 0 spiro atoms. The van der Waals surface area contributed by atoms with Crippen molar-refractivity contribution in [3.63, 3.8) is 0 Å². The third-order valence-corrected chi connectivity index (χ3v) is 2.05. The summed E-state index contributed by atoms with van der Waals surface area (Å²) in [5.74, 6) is -1.90. The first-order chi connectivity index (χ1) is 9.47. The van der Waals surface area contributed by atoms with Crippen LogP contribution in [-0.4, -0.2) is 16.3 Å². The van der Waals surface area contributed by atoms with Gasteiger partial charge in [0.25, 0.3) is 5.69 Å². The fourth-order valence-corrected chi connectivity index (χ4v) is 1.36. The molecule has 0 atom stereocenters. The quantitative estimate of drug-likeness (QED) is 0.486. The molecular formula is C9H3F6N3O3. The maximum absolute atomic E-state index is 12.6. The summed E-state index contributed by atoms with van der Waals surface area (Å²) < 4.78 is 77.6. The number of aromatic nitrogens is 1. The van der Waals surface area contributed by atoms with E-state index in [0.29, 0.717) is 0 Å². The van der Waals surface area contributed by atoms with Crippen molar-refractivity contribution < 1.29 is 36.0 Å². The first-order valence-electron chi connectivity index (χ1n) is 4.83. The second-order valence-corrected chi connectivity index (χ2v) is 3.44. The van der Waals surface area contributed by atoms with E-state index in [-0.39, 0.29) is 6.20 Å². The normalized spacial score (nSPS) is 11.9. The molecule has 0 aliphatic rings. The number of nitro groups is 1. The predicted octanol–water partition coefficient (Wildman–Crippen LogP) is 2.97. The lowest BCUT2D eigenvalue weighted by atomic mass is 10.1. The first-order valence-corrected chi connectivity index (χ1v) is 4.83. The Labute approximate surface area is 111 Å². The van der Waals surface area contributed by atoms with Crippen LogP contribution in [0.25, 0.3) is 0 Å². The minimum atomic E-state index is -5.54. The second kappa shape index (κ2) is 5.43. The van der Waals surface area contributed by atoms with E-state index in [9.17, 15) is 36.5 Å². The van der Waals surface area contributed by atoms with Crippen molar-refractivity contribution in [1.82, 2.24) is 4.98 Å². The van der Waals surface area contributed by atoms with Gasteiger partial charge in [-0.1, -0.05) is 0 Å². The first kappa shape index (κ1) is 16.5. The van der Waals surface area contributed by atoms with Crippen LogP contribution in [-0.2, 0) is 12.6 Å². The summed E-state index contributed by atoms with van der Waals surface area (Å²) in [5, 5.41) is 19.0. The van der Waals surface area contributed by atoms with Crippen molar-refractivity contribution in [2.24, 2.45) is 0 Å². The van der Waals surface area contributed by atoms with E-state index in [1.165, 1.54) is 6.07 Å². The number of hydrogen-bond acceptors (Lipinski definition) is 5. The van der Waals surface area contributed by atoms with Gasteiger partial charge in [-0.3, -0.25) is 10.1 Å². The Morgan fingerprint density at radius 3 is 2.29 bits per heavy atom. The number of nitriles is 1. The number of nitrogens with zero attached hydrogens (tertiary/aromatic N) is 3. The third kappa shape index (κ3) is 3.94. The third-order valence-electron chi connectivity index (χ3n) is 2.05. The standard InChI is InChI=1S/C9H3F6N3O3/c10-8(11,12)7-6(21-9(13,14)15)4(1-2-16)5(3-17-7)18(19)20/h3H,1H2. The van der Waals surface area contributed by atoms with Gasteiger partial charge in [0.1, 0.15) is 6.20 Å². The monoisotopic (exact) mass is 315 g/mol. The van der Waals surface area contributed by atoms with Crippen LogP contribution in [0.1, 0.15) is 11.3 Å². The summed E-state index contributed by atoms with van der Waals surface area (Å²) in [6, 6.07) is 1.24. The van der Waals surface area contributed by atoms with E-state index in [1.54, 1.807) is 0 Å². The van der Waals surface area contributed by atoms with Gasteiger partial charge in [0.05, 0.1) is 23.0 Å². The molecule has 1 rings (SSSR count). The Bertz CT molecular complexity index is 604. The van der Waals surface area contributed by atoms with Gasteiger partial charge < -0.3 is 4.74 Å². The molecule has 0 radical (unpaired) electrons. The Kier molecular flexibility index (Phi) is 4.26. The Morgan fingerprint density at radius 1 is 1.33 bits per heavy atom. The number of pyridine rings is 1. The summed E-state index contributed by atoms with van der Waals surface area (Å²) >= 11 is 0. The molecule has 114 valence electrons. The Morgan fingerprint density at radius 2 is 1.90 bits per heavy atom. The van der Waals surface area contributed by atoms with Gasteiger partial charge in [-0.15, -0.1) is 13.2 Å². The molecule has 1 aromatic rings. The lowest BCUT2D eigenvalue weighted by molar-refractivity contribution is -0.386. The second-order valence-electron chi connectivity index (χ2n) is 3.44. The molecule has 21 heavy (non-hydrogen) atoms. The molecular weight excluding hydrogens is 312 g/mol. The molecule has 0 unspecified atom stereocenters. The highest BCUT2D eigenvalue weighted by Crippen LogP contribution is 2.42. The number of halogens is 6. The van der Waals surface area contributed by atoms with Crippen molar-refractivity contribution in [1.29, 1.82) is 5.26 Å². The van der Waals surface area contributed by atoms with Gasteiger partial charge in [0, 0.05) is 0 Å². The molecule has 1 aromatic heterocycles. The SMILES string of the molecule is N#CCc1c([N+](=O)[O-])cnc(C(F)(F)F)c1OC(F)(F)F. The van der Waals surface area contributed by atoms with Gasteiger partial charge in [-0.2, -0.15) is 18.4 Å². The molecule has 6 nitrogen and oxygen atoms in total. The molecule has 0 fully saturated rings. The largest absolute Gasteiger partial charge is 0.573 e. The number of alkyl halides is 6. The van der Waals surface area contributed by atoms with Crippen LogP contribution in [0, 0.1) is 21.4 Å². The van der Waals surface area contributed by atoms with Gasteiger partial charge in [0.15, 0.2) is 11.4 Å². The average molecular weight is 315 g/mol. The highest BCUT2D eigenvalue weighted by Gasteiger charge is 2.44. The maximum atomic E-state index is 12.6. The molecule has 0 N–H and O–H groups in total. The van der Waals surface area contributed by atoms with E-state index >= 15 is 0 Å². The fraction of sp³-hybridized carbons (Fsp3) is 0.333. The van der Waals surface area contributed by atoms with E-state index in [1.807, 2.05) is 0 Å². The van der Waals surface area contributed by atoms with Crippen LogP contribution in [0.3, 0.4) is 0 Å². The van der Waals surface area contributed by atoms with E-state index in [0.717, 1.165) is 0 Å². The zero-order valence-corrected chi connectivity index (χ0v) is 9.62. The van der Waals surface area contributed by atoms with Crippen molar-refractivity contribution >= 4 is 5.69 Å². The smallest absolute Gasteiger partial charge is 0.403 e. The zero-order chi connectivity index (χ0) is 16.4. The van der Waals surface area contributed by atoms with Gasteiger partial charge in [0.2, 0.25) is 0 Å². The van der Waals surface area contributed by atoms with Crippen molar-refractivity contribution in [3.05, 3.63) is 27.6 Å². The van der Waals surface area contributed by atoms with E-state index < -0.39 is 46.6 Å². The van der Waals surface area contributed by atoms with Crippen LogP contribution in [0.2, 0.25) is 0 Å². The van der Waals surface area contributed by atoms with E-state index in [4.69, 9.17) is 5.26 Å². The number of ether oxygens (including phenoxy) is 1. The van der Waals surface area contributed by atoms with Crippen molar-refractivity contribution in [2.75, 3.05) is 0 Å². The van der Waals surface area contributed by atoms with Gasteiger partial charge in [-0.25, -0.2) is 4.98 Å². The molecule has 0 saturated carbocycles. The maximum Gasteiger partial charge on any atom is 0.573 e. The van der Waals surface area contributed by atoms with Crippen LogP contribution < -0.4 is 4.74 Å². The van der Waals surface area contributed by atoms with Crippen LogP contribution in [0.15, 0.2) is 6.20 Å². The lowest BCUT2D eigenvalue weighted by Crippen LogP contribution is -2.22. The number of hydrogen-bond donors (Lipinski definition) is 0. The van der Waals surface area contributed by atoms with Crippen LogP contribution in [0.4, 0.5) is 32.0 Å². The molecule has 0 aliphatic carbocycles. The Hall–Kier alpha value is -2.58. The molecule has 0 amide bonds.